The molecule has 1 N–H and O–H groups in total. The number of halogens is 10. The average Bonchev–Trinajstić information content (AvgIpc) is 2.74. The third-order valence-electron chi connectivity index (χ3n) is 5.24. The molecule has 0 radical (unpaired) electrons. The van der Waals surface area contributed by atoms with Crippen LogP contribution < -0.4 is 10.6 Å². The van der Waals surface area contributed by atoms with Crippen molar-refractivity contribution in [3.05, 3.63) is 58.2 Å². The SMILES string of the molecule is O=P(c1c(F)c(F)c(F)c(F)c1F)(c1c(F)c(F)c(F)c(F)c1F)C1(O)CCCCC1. The number of hydrogen-bond donors (Lipinski definition) is 1. The van der Waals surface area contributed by atoms with Crippen molar-refractivity contribution in [3.8, 4) is 0 Å². The van der Waals surface area contributed by atoms with Crippen LogP contribution in [0.5, 0.6) is 0 Å². The first-order valence-electron chi connectivity index (χ1n) is 8.67. The highest BCUT2D eigenvalue weighted by atomic mass is 31.2. The van der Waals surface area contributed by atoms with Gasteiger partial charge in [0.05, 0.1) is 10.6 Å². The molecule has 170 valence electrons. The van der Waals surface area contributed by atoms with Crippen molar-refractivity contribution in [3.63, 3.8) is 0 Å². The zero-order valence-corrected chi connectivity index (χ0v) is 16.0. The van der Waals surface area contributed by atoms with Gasteiger partial charge in [-0.25, -0.2) is 43.9 Å². The second-order valence-corrected chi connectivity index (χ2v) is 9.93. The summed E-state index contributed by atoms with van der Waals surface area (Å²) in [5.41, 5.74) is 0. The van der Waals surface area contributed by atoms with Crippen molar-refractivity contribution in [1.82, 2.24) is 0 Å². The Morgan fingerprint density at radius 1 is 0.516 bits per heavy atom. The Hall–Kier alpha value is -2.07. The molecule has 13 heteroatoms. The highest BCUT2D eigenvalue weighted by Gasteiger charge is 2.57. The summed E-state index contributed by atoms with van der Waals surface area (Å²) in [7, 11) is -6.15. The van der Waals surface area contributed by atoms with Crippen molar-refractivity contribution in [2.45, 2.75) is 37.4 Å². The minimum atomic E-state index is -6.15. The van der Waals surface area contributed by atoms with E-state index in [1.165, 1.54) is 0 Å². The molecule has 2 nitrogen and oxygen atoms in total. The van der Waals surface area contributed by atoms with E-state index in [1.807, 2.05) is 0 Å². The second kappa shape index (κ2) is 7.81. The molecule has 1 saturated carbocycles. The highest BCUT2D eigenvalue weighted by molar-refractivity contribution is 7.80. The maximum Gasteiger partial charge on any atom is 0.200 e. The molecule has 3 rings (SSSR count). The predicted molar refractivity (Wildman–Crippen MR) is 87.4 cm³/mol. The zero-order valence-electron chi connectivity index (χ0n) is 15.1. The molecular formula is C18H11F10O2P. The Morgan fingerprint density at radius 3 is 1.06 bits per heavy atom. The van der Waals surface area contributed by atoms with Gasteiger partial charge in [0.15, 0.2) is 53.7 Å². The maximum absolute atomic E-state index is 14.5. The van der Waals surface area contributed by atoms with Crippen molar-refractivity contribution < 1.29 is 53.6 Å². The van der Waals surface area contributed by atoms with Crippen LogP contribution in [0.25, 0.3) is 0 Å². The van der Waals surface area contributed by atoms with Crippen LogP contribution in [-0.4, -0.2) is 10.4 Å². The molecule has 2 aromatic carbocycles. The molecule has 0 bridgehead atoms. The maximum atomic E-state index is 14.5. The fourth-order valence-electron chi connectivity index (χ4n) is 3.70. The first-order chi connectivity index (χ1) is 14.3. The summed E-state index contributed by atoms with van der Waals surface area (Å²) in [6.45, 7) is 0. The van der Waals surface area contributed by atoms with Crippen LogP contribution in [0.2, 0.25) is 0 Å². The number of rotatable bonds is 3. The van der Waals surface area contributed by atoms with Gasteiger partial charge in [-0.2, -0.15) is 0 Å². The number of hydrogen-bond acceptors (Lipinski definition) is 2. The summed E-state index contributed by atoms with van der Waals surface area (Å²) in [6.07, 6.45) is -1.31. The summed E-state index contributed by atoms with van der Waals surface area (Å²) in [6, 6.07) is 0. The van der Waals surface area contributed by atoms with Gasteiger partial charge in [-0.1, -0.05) is 19.3 Å². The van der Waals surface area contributed by atoms with E-state index in [2.05, 4.69) is 0 Å². The van der Waals surface area contributed by atoms with Crippen LogP contribution in [0.4, 0.5) is 43.9 Å². The van der Waals surface area contributed by atoms with Crippen LogP contribution in [0.1, 0.15) is 32.1 Å². The van der Waals surface area contributed by atoms with Gasteiger partial charge in [0, 0.05) is 0 Å². The molecule has 1 aliphatic rings. The smallest absolute Gasteiger partial charge is 0.200 e. The lowest BCUT2D eigenvalue weighted by molar-refractivity contribution is 0.0831. The van der Waals surface area contributed by atoms with Gasteiger partial charge in [-0.3, -0.25) is 0 Å². The predicted octanol–water partition coefficient (Wildman–Crippen LogP) is 5.04. The van der Waals surface area contributed by atoms with Gasteiger partial charge in [0.2, 0.25) is 11.6 Å². The fraction of sp³-hybridized carbons (Fsp3) is 0.333. The first-order valence-corrected chi connectivity index (χ1v) is 10.4. The van der Waals surface area contributed by atoms with Crippen molar-refractivity contribution in [1.29, 1.82) is 0 Å². The van der Waals surface area contributed by atoms with Crippen LogP contribution in [-0.2, 0) is 4.57 Å². The van der Waals surface area contributed by atoms with Gasteiger partial charge in [-0.05, 0) is 12.8 Å². The van der Waals surface area contributed by atoms with E-state index in [-0.39, 0.29) is 12.8 Å². The lowest BCUT2D eigenvalue weighted by atomic mass is 9.97. The summed E-state index contributed by atoms with van der Waals surface area (Å²) in [5, 5.41) is 3.16. The lowest BCUT2D eigenvalue weighted by Crippen LogP contribution is -2.44. The van der Waals surface area contributed by atoms with Gasteiger partial charge >= 0.3 is 0 Å². The van der Waals surface area contributed by atoms with E-state index in [0.717, 1.165) is 0 Å². The zero-order chi connectivity index (χ0) is 23.5. The van der Waals surface area contributed by atoms with Crippen LogP contribution >= 0.6 is 7.14 Å². The molecule has 0 spiro atoms. The highest BCUT2D eigenvalue weighted by Crippen LogP contribution is 2.62. The summed E-state index contributed by atoms with van der Waals surface area (Å²) in [4.78, 5) is 0. The van der Waals surface area contributed by atoms with E-state index in [0.29, 0.717) is 6.42 Å². The molecule has 2 aromatic rings. The average molecular weight is 480 g/mol. The van der Waals surface area contributed by atoms with Crippen molar-refractivity contribution >= 4 is 17.8 Å². The molecule has 0 aliphatic heterocycles. The van der Waals surface area contributed by atoms with Crippen LogP contribution in [0.3, 0.4) is 0 Å². The number of aliphatic hydroxyl groups is 1. The van der Waals surface area contributed by atoms with Crippen LogP contribution in [0.15, 0.2) is 0 Å². The van der Waals surface area contributed by atoms with Crippen molar-refractivity contribution in [2.75, 3.05) is 0 Å². The summed E-state index contributed by atoms with van der Waals surface area (Å²) < 4.78 is 154. The number of benzene rings is 2. The molecule has 31 heavy (non-hydrogen) atoms. The standard InChI is InChI=1S/C18H11F10O2P/c19-6-8(21)12(25)16(13(26)9(6)22)31(30,18(29)4-2-1-3-5-18)17-14(27)10(23)7(20)11(24)15(17)28/h29H,1-5H2. The summed E-state index contributed by atoms with van der Waals surface area (Å²) in [5.74, 6) is -27.4. The van der Waals surface area contributed by atoms with Gasteiger partial charge in [-0.15, -0.1) is 0 Å². The molecular weight excluding hydrogens is 469 g/mol. The second-order valence-electron chi connectivity index (χ2n) is 6.99. The van der Waals surface area contributed by atoms with Gasteiger partial charge in [0.1, 0.15) is 5.34 Å². The Balaban J connectivity index is 2.58. The Bertz CT molecular complexity index is 996. The van der Waals surface area contributed by atoms with E-state index in [4.69, 9.17) is 0 Å². The minimum Gasteiger partial charge on any atom is -0.381 e. The van der Waals surface area contributed by atoms with Crippen LogP contribution in [0, 0.1) is 58.2 Å². The first kappa shape index (κ1) is 23.6. The Labute approximate surface area is 167 Å². The van der Waals surface area contributed by atoms with Gasteiger partial charge < -0.3 is 9.67 Å². The summed E-state index contributed by atoms with van der Waals surface area (Å²) >= 11 is 0. The third-order valence-corrected chi connectivity index (χ3v) is 8.91. The molecule has 0 saturated heterocycles. The minimum absolute atomic E-state index is 0.0781. The monoisotopic (exact) mass is 480 g/mol. The molecule has 0 amide bonds. The third kappa shape index (κ3) is 3.17. The molecule has 0 heterocycles. The Morgan fingerprint density at radius 2 is 0.774 bits per heavy atom. The topological polar surface area (TPSA) is 37.3 Å². The van der Waals surface area contributed by atoms with E-state index in [1.54, 1.807) is 0 Å². The lowest BCUT2D eigenvalue weighted by Gasteiger charge is -2.40. The fourth-order valence-corrected chi connectivity index (χ4v) is 7.20. The quantitative estimate of drug-likeness (QED) is 0.289. The normalized spacial score (nSPS) is 16.6. The van der Waals surface area contributed by atoms with Crippen molar-refractivity contribution in [2.24, 2.45) is 0 Å². The van der Waals surface area contributed by atoms with E-state index in [9.17, 15) is 53.6 Å². The molecule has 0 aromatic heterocycles. The largest absolute Gasteiger partial charge is 0.381 e. The van der Waals surface area contributed by atoms with E-state index < -0.39 is 94.1 Å². The van der Waals surface area contributed by atoms with E-state index >= 15 is 0 Å². The molecule has 0 unspecified atom stereocenters. The molecule has 1 fully saturated rings. The van der Waals surface area contributed by atoms with Gasteiger partial charge in [0.25, 0.3) is 0 Å². The molecule has 1 aliphatic carbocycles. The molecule has 0 atom stereocenters. The Kier molecular flexibility index (Phi) is 5.94.